The van der Waals surface area contributed by atoms with Gasteiger partial charge in [-0.25, -0.2) is 9.36 Å². The summed E-state index contributed by atoms with van der Waals surface area (Å²) < 4.78 is 42.1. The van der Waals surface area contributed by atoms with Crippen molar-refractivity contribution in [3.05, 3.63) is 118 Å². The Balaban J connectivity index is 1.40. The molecule has 3 heterocycles. The van der Waals surface area contributed by atoms with Gasteiger partial charge in [0.2, 0.25) is 11.8 Å². The van der Waals surface area contributed by atoms with Crippen LogP contribution in [-0.4, -0.2) is 31.6 Å². The van der Waals surface area contributed by atoms with E-state index in [2.05, 4.69) is 0 Å². The Kier molecular flexibility index (Phi) is 5.25. The van der Waals surface area contributed by atoms with Gasteiger partial charge in [0, 0.05) is 6.54 Å². The number of rotatable bonds is 4. The van der Waals surface area contributed by atoms with E-state index < -0.39 is 35.3 Å². The zero-order chi connectivity index (χ0) is 25.9. The predicted molar refractivity (Wildman–Crippen MR) is 130 cm³/mol. The molecule has 2 atom stereocenters. The van der Waals surface area contributed by atoms with Gasteiger partial charge in [-0.3, -0.25) is 9.36 Å². The molecule has 1 fully saturated rings. The molecule has 0 aliphatic carbocycles. The summed E-state index contributed by atoms with van der Waals surface area (Å²) in [6.07, 6.45) is -4.13. The number of fused-ring (bicyclic) bond motifs is 5. The standard InChI is InChI=1S/C28H22F3N3O3/c29-28(30,31)19-12-7-13-20(14-19)34-26(36)24-22-15-21(33(24)27(34)37)16-32(22)25(35)23(17-8-3-1-4-9-17)18-10-5-2-6-11-18/h1-14,21-23,36H,15-16H2. The summed E-state index contributed by atoms with van der Waals surface area (Å²) in [6, 6.07) is 22.1. The lowest BCUT2D eigenvalue weighted by molar-refractivity contribution is -0.137. The second-order valence-corrected chi connectivity index (χ2v) is 9.40. The van der Waals surface area contributed by atoms with Gasteiger partial charge in [0.15, 0.2) is 0 Å². The van der Waals surface area contributed by atoms with Crippen molar-refractivity contribution in [3.63, 3.8) is 0 Å². The molecule has 1 saturated heterocycles. The monoisotopic (exact) mass is 505 g/mol. The molecule has 0 spiro atoms. The van der Waals surface area contributed by atoms with Gasteiger partial charge in [-0.15, -0.1) is 0 Å². The maximum atomic E-state index is 14.0. The summed E-state index contributed by atoms with van der Waals surface area (Å²) in [7, 11) is 0. The van der Waals surface area contributed by atoms with Gasteiger partial charge in [-0.2, -0.15) is 13.2 Å². The number of halogens is 3. The molecule has 2 bridgehead atoms. The first-order chi connectivity index (χ1) is 17.8. The molecular weight excluding hydrogens is 483 g/mol. The second kappa shape index (κ2) is 8.40. The lowest BCUT2D eigenvalue weighted by atomic mass is 9.89. The predicted octanol–water partition coefficient (Wildman–Crippen LogP) is 5.02. The highest BCUT2D eigenvalue weighted by Crippen LogP contribution is 2.50. The zero-order valence-corrected chi connectivity index (χ0v) is 19.5. The molecule has 1 amide bonds. The molecule has 6 rings (SSSR count). The van der Waals surface area contributed by atoms with Crippen LogP contribution in [0.1, 0.15) is 46.8 Å². The quantitative estimate of drug-likeness (QED) is 0.424. The maximum absolute atomic E-state index is 14.0. The lowest BCUT2D eigenvalue weighted by Crippen LogP contribution is -2.40. The Hall–Kier alpha value is -4.27. The number of nitrogens with zero attached hydrogens (tertiary/aromatic N) is 3. The molecule has 2 aliphatic rings. The number of aromatic hydroxyl groups is 1. The molecule has 1 N–H and O–H groups in total. The van der Waals surface area contributed by atoms with Gasteiger partial charge in [0.1, 0.15) is 5.69 Å². The Morgan fingerprint density at radius 2 is 1.54 bits per heavy atom. The average molecular weight is 505 g/mol. The number of aromatic nitrogens is 2. The van der Waals surface area contributed by atoms with Gasteiger partial charge >= 0.3 is 11.9 Å². The number of likely N-dealkylation sites (tertiary alicyclic amines) is 1. The van der Waals surface area contributed by atoms with Crippen molar-refractivity contribution in [2.75, 3.05) is 6.54 Å². The molecule has 6 nitrogen and oxygen atoms in total. The lowest BCUT2D eigenvalue weighted by Gasteiger charge is -2.31. The van der Waals surface area contributed by atoms with Crippen LogP contribution in [0.3, 0.4) is 0 Å². The molecule has 188 valence electrons. The summed E-state index contributed by atoms with van der Waals surface area (Å²) in [6.45, 7) is 0.276. The van der Waals surface area contributed by atoms with Gasteiger partial charge in [-0.05, 0) is 35.7 Å². The second-order valence-electron chi connectivity index (χ2n) is 9.40. The van der Waals surface area contributed by atoms with E-state index in [1.807, 2.05) is 60.7 Å². The normalized spacial score (nSPS) is 18.4. The van der Waals surface area contributed by atoms with Crippen LogP contribution in [0, 0.1) is 0 Å². The van der Waals surface area contributed by atoms with Crippen molar-refractivity contribution in [1.82, 2.24) is 14.0 Å². The average Bonchev–Trinajstić information content (AvgIpc) is 3.56. The van der Waals surface area contributed by atoms with Crippen LogP contribution in [0.25, 0.3) is 5.69 Å². The fourth-order valence-corrected chi connectivity index (χ4v) is 5.68. The summed E-state index contributed by atoms with van der Waals surface area (Å²) >= 11 is 0. The first-order valence-electron chi connectivity index (χ1n) is 11.9. The number of benzene rings is 3. The van der Waals surface area contributed by atoms with Crippen LogP contribution in [0.15, 0.2) is 89.7 Å². The van der Waals surface area contributed by atoms with E-state index in [1.54, 1.807) is 4.90 Å². The highest BCUT2D eigenvalue weighted by atomic mass is 19.4. The van der Waals surface area contributed by atoms with E-state index >= 15 is 0 Å². The number of imidazole rings is 1. The van der Waals surface area contributed by atoms with E-state index in [-0.39, 0.29) is 29.9 Å². The van der Waals surface area contributed by atoms with Gasteiger partial charge < -0.3 is 10.0 Å². The third-order valence-electron chi connectivity index (χ3n) is 7.29. The number of amides is 1. The molecule has 4 aromatic rings. The molecule has 1 aromatic heterocycles. The topological polar surface area (TPSA) is 67.5 Å². The fraction of sp³-hybridized carbons (Fsp3) is 0.214. The zero-order valence-electron chi connectivity index (χ0n) is 19.5. The Labute approximate surface area is 209 Å². The number of carbonyl (C=O) groups is 1. The van der Waals surface area contributed by atoms with Crippen LogP contribution in [0.5, 0.6) is 5.88 Å². The minimum absolute atomic E-state index is 0.0806. The Bertz CT molecular complexity index is 1500. The Morgan fingerprint density at radius 1 is 0.919 bits per heavy atom. The van der Waals surface area contributed by atoms with E-state index in [0.29, 0.717) is 6.42 Å². The molecule has 0 saturated carbocycles. The molecule has 37 heavy (non-hydrogen) atoms. The van der Waals surface area contributed by atoms with Crippen LogP contribution < -0.4 is 5.69 Å². The summed E-state index contributed by atoms with van der Waals surface area (Å²) in [4.78, 5) is 28.9. The van der Waals surface area contributed by atoms with Crippen molar-refractivity contribution in [3.8, 4) is 11.6 Å². The van der Waals surface area contributed by atoms with E-state index in [4.69, 9.17) is 0 Å². The fourth-order valence-electron chi connectivity index (χ4n) is 5.68. The first kappa shape index (κ1) is 23.1. The van der Waals surface area contributed by atoms with E-state index in [1.165, 1.54) is 16.7 Å². The minimum atomic E-state index is -4.59. The van der Waals surface area contributed by atoms with Crippen LogP contribution in [0.2, 0.25) is 0 Å². The van der Waals surface area contributed by atoms with Crippen molar-refractivity contribution < 1.29 is 23.1 Å². The van der Waals surface area contributed by atoms with E-state index in [0.717, 1.165) is 27.8 Å². The molecule has 2 unspecified atom stereocenters. The number of alkyl halides is 3. The third-order valence-corrected chi connectivity index (χ3v) is 7.29. The van der Waals surface area contributed by atoms with Crippen molar-refractivity contribution in [2.45, 2.75) is 30.6 Å². The third kappa shape index (κ3) is 3.64. The minimum Gasteiger partial charge on any atom is -0.493 e. The molecule has 2 aliphatic heterocycles. The SMILES string of the molecule is O=C(C(c1ccccc1)c1ccccc1)N1CC2CC1c1c(O)n(-c3cccc(C(F)(F)F)c3)c(=O)n12. The molecule has 9 heteroatoms. The van der Waals surface area contributed by atoms with Crippen molar-refractivity contribution >= 4 is 5.91 Å². The van der Waals surface area contributed by atoms with Crippen LogP contribution in [0.4, 0.5) is 13.2 Å². The van der Waals surface area contributed by atoms with E-state index in [9.17, 15) is 27.9 Å². The number of hydrogen-bond acceptors (Lipinski definition) is 3. The molecular formula is C28H22F3N3O3. The highest BCUT2D eigenvalue weighted by molar-refractivity contribution is 5.88. The maximum Gasteiger partial charge on any atom is 0.416 e. The number of hydrogen-bond donors (Lipinski definition) is 1. The molecule has 3 aromatic carbocycles. The largest absolute Gasteiger partial charge is 0.493 e. The highest BCUT2D eigenvalue weighted by Gasteiger charge is 2.50. The summed E-state index contributed by atoms with van der Waals surface area (Å²) in [5.74, 6) is -1.17. The van der Waals surface area contributed by atoms with Crippen LogP contribution in [-0.2, 0) is 11.0 Å². The van der Waals surface area contributed by atoms with Crippen LogP contribution >= 0.6 is 0 Å². The number of carbonyl (C=O) groups excluding carboxylic acids is 1. The summed E-state index contributed by atoms with van der Waals surface area (Å²) in [5.41, 5.74) is 0.286. The van der Waals surface area contributed by atoms with Gasteiger partial charge in [0.25, 0.3) is 0 Å². The van der Waals surface area contributed by atoms with Crippen molar-refractivity contribution in [2.24, 2.45) is 0 Å². The van der Waals surface area contributed by atoms with Crippen molar-refractivity contribution in [1.29, 1.82) is 0 Å². The smallest absolute Gasteiger partial charge is 0.416 e. The summed E-state index contributed by atoms with van der Waals surface area (Å²) in [5, 5.41) is 11.1. The molecule has 0 radical (unpaired) electrons. The first-order valence-corrected chi connectivity index (χ1v) is 11.9. The van der Waals surface area contributed by atoms with Gasteiger partial charge in [0.05, 0.1) is 29.3 Å². The van der Waals surface area contributed by atoms with Gasteiger partial charge in [-0.1, -0.05) is 66.7 Å². The Morgan fingerprint density at radius 3 is 2.14 bits per heavy atom.